The van der Waals surface area contributed by atoms with Gasteiger partial charge in [0.1, 0.15) is 11.5 Å². The summed E-state index contributed by atoms with van der Waals surface area (Å²) in [6.07, 6.45) is 1.95. The summed E-state index contributed by atoms with van der Waals surface area (Å²) < 4.78 is 29.0. The molecule has 1 aliphatic rings. The number of rotatable bonds is 6. The van der Waals surface area contributed by atoms with Crippen molar-refractivity contribution in [2.75, 3.05) is 48.2 Å². The number of aromatic nitrogens is 2. The molecule has 1 fully saturated rings. The summed E-state index contributed by atoms with van der Waals surface area (Å²) in [6.45, 7) is 9.27. The van der Waals surface area contributed by atoms with Crippen LogP contribution in [0.2, 0.25) is 0 Å². The van der Waals surface area contributed by atoms with Crippen molar-refractivity contribution in [2.24, 2.45) is 0 Å². The lowest BCUT2D eigenvalue weighted by atomic mass is 10.2. The van der Waals surface area contributed by atoms with Crippen LogP contribution in [-0.2, 0) is 10.0 Å². The second-order valence-corrected chi connectivity index (χ2v) is 13.0. The maximum atomic E-state index is 12.6. The predicted molar refractivity (Wildman–Crippen MR) is 153 cm³/mol. The molecule has 0 aliphatic carbocycles. The fraction of sp³-hybridized carbons (Fsp3) is 0.321. The molecule has 8 nitrogen and oxygen atoms in total. The first kappa shape index (κ1) is 25.1. The Morgan fingerprint density at radius 1 is 0.838 bits per heavy atom. The van der Waals surface area contributed by atoms with Gasteiger partial charge in [0.2, 0.25) is 10.0 Å². The van der Waals surface area contributed by atoms with Gasteiger partial charge >= 0.3 is 0 Å². The molecule has 4 aromatic rings. The molecule has 2 N–H and O–H groups in total. The molecule has 0 radical (unpaired) electrons. The topological polar surface area (TPSA) is 82.5 Å². The molecule has 5 rings (SSSR count). The number of benzene rings is 2. The van der Waals surface area contributed by atoms with E-state index in [1.807, 2.05) is 47.2 Å². The lowest BCUT2D eigenvalue weighted by Crippen LogP contribution is -2.44. The van der Waals surface area contributed by atoms with Crippen LogP contribution < -0.4 is 14.9 Å². The van der Waals surface area contributed by atoms with E-state index in [0.29, 0.717) is 5.69 Å². The molecule has 1 saturated heterocycles. The number of hydrogen-bond donors (Lipinski definition) is 2. The molecule has 9 heteroatoms. The van der Waals surface area contributed by atoms with Crippen LogP contribution in [0.25, 0.3) is 16.7 Å². The van der Waals surface area contributed by atoms with Gasteiger partial charge in [-0.1, -0.05) is 6.07 Å². The van der Waals surface area contributed by atoms with E-state index in [2.05, 4.69) is 51.2 Å². The number of nitrogens with zero attached hydrogens (tertiary/aromatic N) is 4. The number of hydrogen-bond acceptors (Lipinski definition) is 6. The van der Waals surface area contributed by atoms with Crippen LogP contribution >= 0.6 is 0 Å². The zero-order valence-electron chi connectivity index (χ0n) is 21.8. The number of fused-ring (bicyclic) bond motifs is 1. The molecule has 1 aliphatic heterocycles. The molecule has 0 unspecified atom stereocenters. The Balaban J connectivity index is 1.36. The van der Waals surface area contributed by atoms with E-state index in [0.717, 1.165) is 54.4 Å². The van der Waals surface area contributed by atoms with Gasteiger partial charge in [-0.15, -0.1) is 0 Å². The van der Waals surface area contributed by atoms with E-state index in [4.69, 9.17) is 4.98 Å². The van der Waals surface area contributed by atoms with E-state index in [1.165, 1.54) is 5.69 Å². The minimum absolute atomic E-state index is 0.518. The van der Waals surface area contributed by atoms with Crippen LogP contribution in [0.5, 0.6) is 0 Å². The monoisotopic (exact) mass is 518 g/mol. The van der Waals surface area contributed by atoms with E-state index in [1.54, 1.807) is 26.8 Å². The first-order valence-corrected chi connectivity index (χ1v) is 14.0. The highest BCUT2D eigenvalue weighted by atomic mass is 32.2. The molecule has 194 valence electrons. The van der Waals surface area contributed by atoms with Crippen molar-refractivity contribution in [3.05, 3.63) is 72.9 Å². The van der Waals surface area contributed by atoms with Gasteiger partial charge in [-0.2, -0.15) is 0 Å². The van der Waals surface area contributed by atoms with Crippen LogP contribution in [0.4, 0.5) is 22.9 Å². The van der Waals surface area contributed by atoms with Crippen LogP contribution in [0.15, 0.2) is 72.9 Å². The van der Waals surface area contributed by atoms with Gasteiger partial charge in [-0.05, 0) is 88.5 Å². The first-order valence-electron chi connectivity index (χ1n) is 12.5. The molecule has 2 aromatic heterocycles. The summed E-state index contributed by atoms with van der Waals surface area (Å²) in [5.74, 6) is 0.740. The quantitative estimate of drug-likeness (QED) is 0.371. The molecule has 0 atom stereocenters. The predicted octanol–water partition coefficient (Wildman–Crippen LogP) is 5.06. The number of sulfonamides is 1. The minimum Gasteiger partial charge on any atom is -0.369 e. The van der Waals surface area contributed by atoms with Crippen molar-refractivity contribution in [1.82, 2.24) is 14.5 Å². The number of likely N-dealkylation sites (N-methyl/N-ethyl adjacent to an activating group) is 1. The van der Waals surface area contributed by atoms with Gasteiger partial charge in [0.05, 0.1) is 10.4 Å². The largest absolute Gasteiger partial charge is 0.369 e. The number of anilines is 4. The zero-order valence-corrected chi connectivity index (χ0v) is 22.6. The average Bonchev–Trinajstić information content (AvgIpc) is 3.28. The van der Waals surface area contributed by atoms with Crippen LogP contribution in [-0.4, -0.2) is 60.8 Å². The van der Waals surface area contributed by atoms with Crippen molar-refractivity contribution in [3.63, 3.8) is 0 Å². The lowest BCUT2D eigenvalue weighted by Gasteiger charge is -2.34. The van der Waals surface area contributed by atoms with E-state index >= 15 is 0 Å². The van der Waals surface area contributed by atoms with Gasteiger partial charge < -0.3 is 19.7 Å². The molecule has 0 spiro atoms. The van der Waals surface area contributed by atoms with Gasteiger partial charge in [-0.25, -0.2) is 13.4 Å². The van der Waals surface area contributed by atoms with Crippen LogP contribution in [0.3, 0.4) is 0 Å². The third-order valence-corrected chi connectivity index (χ3v) is 8.84. The maximum absolute atomic E-state index is 12.6. The summed E-state index contributed by atoms with van der Waals surface area (Å²) in [5.41, 5.74) is 4.34. The average molecular weight is 519 g/mol. The van der Waals surface area contributed by atoms with Gasteiger partial charge in [0, 0.05) is 54.8 Å². The number of nitrogens with one attached hydrogen (secondary N) is 2. The highest BCUT2D eigenvalue weighted by molar-refractivity contribution is 7.94. The summed E-state index contributed by atoms with van der Waals surface area (Å²) in [7, 11) is -1.36. The molecule has 0 amide bonds. The number of piperazine rings is 1. The van der Waals surface area contributed by atoms with Gasteiger partial charge in [0.25, 0.3) is 0 Å². The third-order valence-electron chi connectivity index (χ3n) is 6.73. The molecule has 3 heterocycles. The van der Waals surface area contributed by atoms with Gasteiger partial charge in [0.15, 0.2) is 0 Å². The first-order chi connectivity index (χ1) is 17.6. The Morgan fingerprint density at radius 2 is 1.57 bits per heavy atom. The zero-order chi connectivity index (χ0) is 26.2. The molecular formula is C28H34N6O2S. The normalized spacial score (nSPS) is 15.2. The summed E-state index contributed by atoms with van der Waals surface area (Å²) in [6, 6.07) is 21.8. The van der Waals surface area contributed by atoms with Crippen molar-refractivity contribution >= 4 is 43.9 Å². The Labute approximate surface area is 219 Å². The van der Waals surface area contributed by atoms with Crippen molar-refractivity contribution in [1.29, 1.82) is 0 Å². The van der Waals surface area contributed by atoms with E-state index < -0.39 is 14.8 Å². The summed E-state index contributed by atoms with van der Waals surface area (Å²) in [5, 5.41) is 4.41. The highest BCUT2D eigenvalue weighted by Crippen LogP contribution is 2.27. The fourth-order valence-corrected chi connectivity index (χ4v) is 5.02. The van der Waals surface area contributed by atoms with Crippen molar-refractivity contribution in [2.45, 2.75) is 25.5 Å². The standard InChI is InChI=1S/C28H34N6O2S/c1-28(2,3)37(35,36)31-23-6-5-7-25(20-23)34-15-14-21-8-13-26(30-27(21)34)29-22-9-11-24(12-10-22)33-18-16-32(4)17-19-33/h5-15,20,31H,16-19H2,1-4H3,(H,29,30). The van der Waals surface area contributed by atoms with Crippen molar-refractivity contribution < 1.29 is 8.42 Å². The van der Waals surface area contributed by atoms with Gasteiger partial charge in [-0.3, -0.25) is 4.72 Å². The molecule has 2 aromatic carbocycles. The second-order valence-electron chi connectivity index (χ2n) is 10.5. The van der Waals surface area contributed by atoms with E-state index in [9.17, 15) is 8.42 Å². The Morgan fingerprint density at radius 3 is 2.27 bits per heavy atom. The fourth-order valence-electron chi connectivity index (χ4n) is 4.28. The smallest absolute Gasteiger partial charge is 0.237 e. The van der Waals surface area contributed by atoms with E-state index in [-0.39, 0.29) is 0 Å². The maximum Gasteiger partial charge on any atom is 0.237 e. The molecular weight excluding hydrogens is 484 g/mol. The van der Waals surface area contributed by atoms with Crippen LogP contribution in [0, 0.1) is 0 Å². The Hall–Kier alpha value is -3.56. The third kappa shape index (κ3) is 5.42. The lowest BCUT2D eigenvalue weighted by molar-refractivity contribution is 0.313. The Kier molecular flexibility index (Phi) is 6.59. The number of pyridine rings is 1. The summed E-state index contributed by atoms with van der Waals surface area (Å²) >= 11 is 0. The van der Waals surface area contributed by atoms with Crippen molar-refractivity contribution in [3.8, 4) is 5.69 Å². The molecule has 0 saturated carbocycles. The van der Waals surface area contributed by atoms with Crippen LogP contribution in [0.1, 0.15) is 20.8 Å². The highest BCUT2D eigenvalue weighted by Gasteiger charge is 2.29. The molecule has 0 bridgehead atoms. The SMILES string of the molecule is CN1CCN(c2ccc(Nc3ccc4ccn(-c5cccc(NS(=O)(=O)C(C)(C)C)c5)c4n3)cc2)CC1. The minimum atomic E-state index is -3.52. The summed E-state index contributed by atoms with van der Waals surface area (Å²) in [4.78, 5) is 9.63. The Bertz CT molecular complexity index is 1500. The molecule has 37 heavy (non-hydrogen) atoms. The second kappa shape index (κ2) is 9.72.